The van der Waals surface area contributed by atoms with Gasteiger partial charge in [0.1, 0.15) is 4.99 Å². The van der Waals surface area contributed by atoms with E-state index in [4.69, 9.17) is 12.2 Å². The lowest BCUT2D eigenvalue weighted by Crippen LogP contribution is -2.54. The van der Waals surface area contributed by atoms with Crippen molar-refractivity contribution in [2.75, 3.05) is 6.54 Å². The fourth-order valence-corrected chi connectivity index (χ4v) is 4.89. The van der Waals surface area contributed by atoms with Gasteiger partial charge in [0, 0.05) is 6.54 Å². The summed E-state index contributed by atoms with van der Waals surface area (Å²) in [6.07, 6.45) is 3.96. The Morgan fingerprint density at radius 3 is 2.92 bits per heavy atom. The Hall–Kier alpha value is -1.75. The maximum atomic E-state index is 12.2. The number of nitrogens with one attached hydrogen (secondary N) is 2. The number of hydrogen-bond donors (Lipinski definition) is 2. The second-order valence-corrected chi connectivity index (χ2v) is 8.25. The van der Waals surface area contributed by atoms with Gasteiger partial charge in [0.15, 0.2) is 5.82 Å². The molecule has 3 fully saturated rings. The van der Waals surface area contributed by atoms with Gasteiger partial charge in [-0.2, -0.15) is 0 Å². The molecular formula is C19H23N3OS. The summed E-state index contributed by atoms with van der Waals surface area (Å²) < 4.78 is 0. The van der Waals surface area contributed by atoms with Gasteiger partial charge in [0.2, 0.25) is 0 Å². The number of aromatic nitrogens is 2. The van der Waals surface area contributed by atoms with E-state index in [-0.39, 0.29) is 5.56 Å². The van der Waals surface area contributed by atoms with Crippen LogP contribution in [0.3, 0.4) is 0 Å². The summed E-state index contributed by atoms with van der Waals surface area (Å²) in [6, 6.07) is 7.34. The maximum Gasteiger partial charge on any atom is 0.259 e. The highest BCUT2D eigenvalue weighted by Gasteiger charge is 2.53. The van der Waals surface area contributed by atoms with Crippen molar-refractivity contribution in [2.24, 2.45) is 23.2 Å². The van der Waals surface area contributed by atoms with E-state index >= 15 is 0 Å². The molecule has 1 aromatic carbocycles. The van der Waals surface area contributed by atoms with Gasteiger partial charge < -0.3 is 10.3 Å². The van der Waals surface area contributed by atoms with Crippen LogP contribution in [-0.2, 0) is 0 Å². The summed E-state index contributed by atoms with van der Waals surface area (Å²) in [5, 5.41) is 3.95. The minimum absolute atomic E-state index is 0.139. The molecule has 4 nitrogen and oxygen atoms in total. The molecule has 24 heavy (non-hydrogen) atoms. The second-order valence-electron chi connectivity index (χ2n) is 7.84. The standard InChI is InChI=1S/C19H23N3OS/c1-19(2)12-8-7-11(14(19)9-12)10-20-18(24)16-21-15-6-4-3-5-13(15)17(23)22-16/h3-6,11-12,14H,7-10H2,1-2H3,(H,20,24)(H,21,22,23). The van der Waals surface area contributed by atoms with E-state index in [0.29, 0.717) is 33.0 Å². The predicted octanol–water partition coefficient (Wildman–Crippen LogP) is 3.26. The predicted molar refractivity (Wildman–Crippen MR) is 100 cm³/mol. The first-order chi connectivity index (χ1) is 11.5. The van der Waals surface area contributed by atoms with Gasteiger partial charge in [-0.3, -0.25) is 4.79 Å². The molecule has 2 N–H and O–H groups in total. The highest BCUT2D eigenvalue weighted by Crippen LogP contribution is 2.61. The Kier molecular flexibility index (Phi) is 3.71. The van der Waals surface area contributed by atoms with Crippen molar-refractivity contribution >= 4 is 28.1 Å². The Labute approximate surface area is 147 Å². The SMILES string of the molecule is CC1(C)C2CCC(CNC(=S)c3nc4ccccc4c(=O)[nH]3)C1C2. The normalized spacial score (nSPS) is 27.5. The highest BCUT2D eigenvalue weighted by molar-refractivity contribution is 7.80. The molecule has 5 heteroatoms. The first kappa shape index (κ1) is 15.8. The second kappa shape index (κ2) is 5.66. The number of thiocarbonyl (C=S) groups is 1. The smallest absolute Gasteiger partial charge is 0.259 e. The number of rotatable bonds is 3. The van der Waals surface area contributed by atoms with Crippen LogP contribution in [0.25, 0.3) is 10.9 Å². The maximum absolute atomic E-state index is 12.2. The van der Waals surface area contributed by atoms with Crippen LogP contribution in [0, 0.1) is 23.2 Å². The molecule has 2 bridgehead atoms. The number of nitrogens with zero attached hydrogens (tertiary/aromatic N) is 1. The van der Waals surface area contributed by atoms with Gasteiger partial charge in [-0.15, -0.1) is 0 Å². The lowest BCUT2D eigenvalue weighted by atomic mass is 9.45. The van der Waals surface area contributed by atoms with Crippen LogP contribution in [0.1, 0.15) is 38.9 Å². The lowest BCUT2D eigenvalue weighted by Gasteiger charge is -2.60. The van der Waals surface area contributed by atoms with Crippen molar-refractivity contribution in [3.63, 3.8) is 0 Å². The Morgan fingerprint density at radius 1 is 1.38 bits per heavy atom. The Balaban J connectivity index is 1.48. The average Bonchev–Trinajstić information content (AvgIpc) is 2.59. The van der Waals surface area contributed by atoms with E-state index in [1.807, 2.05) is 18.2 Å². The van der Waals surface area contributed by atoms with Crippen LogP contribution < -0.4 is 10.9 Å². The zero-order valence-electron chi connectivity index (χ0n) is 14.1. The molecule has 0 aliphatic heterocycles. The van der Waals surface area contributed by atoms with Crippen LogP contribution in [0.4, 0.5) is 0 Å². The van der Waals surface area contributed by atoms with E-state index in [1.54, 1.807) is 6.07 Å². The largest absolute Gasteiger partial charge is 0.373 e. The Morgan fingerprint density at radius 2 is 2.17 bits per heavy atom. The minimum atomic E-state index is -0.139. The van der Waals surface area contributed by atoms with Crippen molar-refractivity contribution in [1.82, 2.24) is 15.3 Å². The molecule has 0 radical (unpaired) electrons. The zero-order chi connectivity index (χ0) is 16.9. The summed E-state index contributed by atoms with van der Waals surface area (Å²) in [7, 11) is 0. The van der Waals surface area contributed by atoms with Gasteiger partial charge in [0.25, 0.3) is 5.56 Å². The molecule has 3 unspecified atom stereocenters. The van der Waals surface area contributed by atoms with Crippen molar-refractivity contribution in [3.8, 4) is 0 Å². The van der Waals surface area contributed by atoms with Gasteiger partial charge in [-0.1, -0.05) is 38.2 Å². The topological polar surface area (TPSA) is 57.8 Å². The third-order valence-electron chi connectivity index (χ3n) is 6.35. The third kappa shape index (κ3) is 2.46. The lowest BCUT2D eigenvalue weighted by molar-refractivity contribution is -0.102. The molecule has 126 valence electrons. The summed E-state index contributed by atoms with van der Waals surface area (Å²) in [6.45, 7) is 5.67. The molecule has 3 aliphatic rings. The van der Waals surface area contributed by atoms with E-state index in [1.165, 1.54) is 19.3 Å². The van der Waals surface area contributed by atoms with E-state index in [0.717, 1.165) is 18.4 Å². The molecular weight excluding hydrogens is 318 g/mol. The third-order valence-corrected chi connectivity index (χ3v) is 6.69. The van der Waals surface area contributed by atoms with Crippen LogP contribution in [-0.4, -0.2) is 21.5 Å². The number of benzene rings is 1. The minimum Gasteiger partial charge on any atom is -0.373 e. The summed E-state index contributed by atoms with van der Waals surface area (Å²) >= 11 is 5.48. The van der Waals surface area contributed by atoms with Gasteiger partial charge in [-0.25, -0.2) is 4.98 Å². The van der Waals surface area contributed by atoms with Crippen molar-refractivity contribution < 1.29 is 0 Å². The molecule has 3 atom stereocenters. The summed E-state index contributed by atoms with van der Waals surface area (Å²) in [4.78, 5) is 20.0. The Bertz CT molecular complexity index is 855. The summed E-state index contributed by atoms with van der Waals surface area (Å²) in [5.41, 5.74) is 1.02. The van der Waals surface area contributed by atoms with Crippen LogP contribution in [0.15, 0.2) is 29.1 Å². The number of hydrogen-bond acceptors (Lipinski definition) is 3. The quantitative estimate of drug-likeness (QED) is 0.842. The first-order valence-electron chi connectivity index (χ1n) is 8.74. The number of para-hydroxylation sites is 1. The molecule has 2 aromatic rings. The molecule has 3 saturated carbocycles. The fourth-order valence-electron chi connectivity index (χ4n) is 4.71. The zero-order valence-corrected chi connectivity index (χ0v) is 15.0. The molecule has 0 saturated heterocycles. The number of H-pyrrole nitrogens is 1. The monoisotopic (exact) mass is 341 g/mol. The average molecular weight is 341 g/mol. The first-order valence-corrected chi connectivity index (χ1v) is 9.15. The molecule has 5 rings (SSSR count). The van der Waals surface area contributed by atoms with E-state index in [9.17, 15) is 4.79 Å². The molecule has 1 aromatic heterocycles. The van der Waals surface area contributed by atoms with E-state index in [2.05, 4.69) is 29.1 Å². The number of fused-ring (bicyclic) bond motifs is 3. The van der Waals surface area contributed by atoms with Crippen LogP contribution in [0.2, 0.25) is 0 Å². The van der Waals surface area contributed by atoms with Crippen LogP contribution >= 0.6 is 12.2 Å². The van der Waals surface area contributed by atoms with Crippen LogP contribution in [0.5, 0.6) is 0 Å². The fraction of sp³-hybridized carbons (Fsp3) is 0.526. The van der Waals surface area contributed by atoms with Gasteiger partial charge in [0.05, 0.1) is 10.9 Å². The summed E-state index contributed by atoms with van der Waals surface area (Å²) in [5.74, 6) is 2.82. The van der Waals surface area contributed by atoms with Gasteiger partial charge >= 0.3 is 0 Å². The molecule has 1 heterocycles. The number of aromatic amines is 1. The van der Waals surface area contributed by atoms with Crippen molar-refractivity contribution in [1.29, 1.82) is 0 Å². The van der Waals surface area contributed by atoms with Crippen molar-refractivity contribution in [3.05, 3.63) is 40.4 Å². The molecule has 3 aliphatic carbocycles. The molecule has 0 spiro atoms. The highest BCUT2D eigenvalue weighted by atomic mass is 32.1. The van der Waals surface area contributed by atoms with Gasteiger partial charge in [-0.05, 0) is 54.6 Å². The van der Waals surface area contributed by atoms with E-state index < -0.39 is 0 Å². The molecule has 0 amide bonds. The van der Waals surface area contributed by atoms with Crippen molar-refractivity contribution in [2.45, 2.75) is 33.1 Å².